The highest BCUT2D eigenvalue weighted by atomic mass is 15.1. The zero-order chi connectivity index (χ0) is 8.69. The maximum atomic E-state index is 8.17. The van der Waals surface area contributed by atoms with Crippen LogP contribution < -0.4 is 5.32 Å². The summed E-state index contributed by atoms with van der Waals surface area (Å²) in [5.74, 6) is 0. The predicted octanol–water partition coefficient (Wildman–Crippen LogP) is 0.787. The van der Waals surface area contributed by atoms with Gasteiger partial charge in [-0.2, -0.15) is 5.26 Å². The lowest BCUT2D eigenvalue weighted by Gasteiger charge is -2.20. The monoisotopic (exact) mass is 155 g/mol. The fraction of sp³-hybridized carbons (Fsp3) is 0.875. The van der Waals surface area contributed by atoms with Gasteiger partial charge in [0.05, 0.1) is 0 Å². The van der Waals surface area contributed by atoms with E-state index < -0.39 is 0 Å². The van der Waals surface area contributed by atoms with Gasteiger partial charge in [0, 0.05) is 12.6 Å². The van der Waals surface area contributed by atoms with Crippen molar-refractivity contribution in [3.8, 4) is 6.19 Å². The van der Waals surface area contributed by atoms with E-state index in [1.165, 1.54) is 0 Å². The first-order valence-electron chi connectivity index (χ1n) is 4.00. The normalized spacial score (nSPS) is 10.2. The number of nitrogens with zero attached hydrogens (tertiary/aromatic N) is 2. The number of nitriles is 1. The third-order valence-corrected chi connectivity index (χ3v) is 1.77. The van der Waals surface area contributed by atoms with Crippen LogP contribution in [0.1, 0.15) is 20.3 Å². The lowest BCUT2D eigenvalue weighted by atomic mass is 10.3. The number of hydrogen-bond donors (Lipinski definition) is 1. The molecule has 0 spiro atoms. The largest absolute Gasteiger partial charge is 0.324 e. The number of rotatable bonds is 5. The van der Waals surface area contributed by atoms with Crippen molar-refractivity contribution in [2.75, 3.05) is 20.1 Å². The van der Waals surface area contributed by atoms with Crippen LogP contribution >= 0.6 is 0 Å². The predicted molar refractivity (Wildman–Crippen MR) is 46.0 cm³/mol. The quantitative estimate of drug-likeness (QED) is 0.362. The fourth-order valence-corrected chi connectivity index (χ4v) is 0.731. The van der Waals surface area contributed by atoms with Crippen LogP contribution in [0.2, 0.25) is 0 Å². The minimum Gasteiger partial charge on any atom is -0.324 e. The highest BCUT2D eigenvalue weighted by molar-refractivity contribution is 4.65. The van der Waals surface area contributed by atoms with Gasteiger partial charge in [0.1, 0.15) is 0 Å². The highest BCUT2D eigenvalue weighted by Gasteiger charge is 2.00. The Kier molecular flexibility index (Phi) is 5.58. The fourth-order valence-electron chi connectivity index (χ4n) is 0.731. The molecule has 0 fully saturated rings. The van der Waals surface area contributed by atoms with Gasteiger partial charge in [-0.05, 0) is 33.9 Å². The molecular weight excluding hydrogens is 138 g/mol. The van der Waals surface area contributed by atoms with Crippen molar-refractivity contribution < 1.29 is 0 Å². The Bertz CT molecular complexity index is 126. The van der Waals surface area contributed by atoms with E-state index in [2.05, 4.69) is 31.1 Å². The molecule has 0 atom stereocenters. The molecule has 3 nitrogen and oxygen atoms in total. The SMILES string of the molecule is CC(C)N(C)CCCNC#N. The second kappa shape index (κ2) is 5.99. The Morgan fingerprint density at radius 1 is 1.55 bits per heavy atom. The lowest BCUT2D eigenvalue weighted by molar-refractivity contribution is 0.271. The molecule has 0 aromatic heterocycles. The molecule has 0 saturated carbocycles. The first-order chi connectivity index (χ1) is 5.18. The molecule has 0 heterocycles. The molecular formula is C8H17N3. The molecule has 1 N–H and O–H groups in total. The molecule has 0 aromatic rings. The van der Waals surface area contributed by atoms with E-state index in [1.807, 2.05) is 6.19 Å². The van der Waals surface area contributed by atoms with E-state index >= 15 is 0 Å². The van der Waals surface area contributed by atoms with Crippen LogP contribution in [0.4, 0.5) is 0 Å². The summed E-state index contributed by atoms with van der Waals surface area (Å²) in [6.07, 6.45) is 2.93. The van der Waals surface area contributed by atoms with Crippen LogP contribution in [-0.4, -0.2) is 31.1 Å². The van der Waals surface area contributed by atoms with Crippen LogP contribution in [-0.2, 0) is 0 Å². The Hall–Kier alpha value is -0.750. The van der Waals surface area contributed by atoms with Crippen molar-refractivity contribution in [2.45, 2.75) is 26.3 Å². The third kappa shape index (κ3) is 5.68. The van der Waals surface area contributed by atoms with E-state index in [0.29, 0.717) is 6.04 Å². The minimum absolute atomic E-state index is 0.595. The zero-order valence-electron chi connectivity index (χ0n) is 7.59. The van der Waals surface area contributed by atoms with Gasteiger partial charge in [-0.3, -0.25) is 0 Å². The molecule has 0 unspecified atom stereocenters. The molecule has 0 aliphatic carbocycles. The van der Waals surface area contributed by atoms with E-state index in [0.717, 1.165) is 19.5 Å². The van der Waals surface area contributed by atoms with Gasteiger partial charge < -0.3 is 10.2 Å². The van der Waals surface area contributed by atoms with Crippen LogP contribution in [0, 0.1) is 11.5 Å². The average Bonchev–Trinajstić information content (AvgIpc) is 1.97. The maximum Gasteiger partial charge on any atom is 0.176 e. The van der Waals surface area contributed by atoms with E-state index in [1.54, 1.807) is 0 Å². The second-order valence-corrected chi connectivity index (χ2v) is 2.97. The van der Waals surface area contributed by atoms with E-state index in [4.69, 9.17) is 5.26 Å². The van der Waals surface area contributed by atoms with E-state index in [-0.39, 0.29) is 0 Å². The Morgan fingerprint density at radius 2 is 2.18 bits per heavy atom. The Labute approximate surface area is 69.0 Å². The number of nitrogens with one attached hydrogen (secondary N) is 1. The van der Waals surface area contributed by atoms with E-state index in [9.17, 15) is 0 Å². The molecule has 64 valence electrons. The van der Waals surface area contributed by atoms with Gasteiger partial charge in [0.2, 0.25) is 0 Å². The van der Waals surface area contributed by atoms with Gasteiger partial charge >= 0.3 is 0 Å². The summed E-state index contributed by atoms with van der Waals surface area (Å²) in [4.78, 5) is 2.26. The van der Waals surface area contributed by atoms with Gasteiger partial charge in [-0.15, -0.1) is 0 Å². The zero-order valence-corrected chi connectivity index (χ0v) is 7.59. The standard InChI is InChI=1S/C8H17N3/c1-8(2)11(3)6-4-5-10-7-9/h8,10H,4-6H2,1-3H3. The summed E-state index contributed by atoms with van der Waals surface area (Å²) >= 11 is 0. The summed E-state index contributed by atoms with van der Waals surface area (Å²) < 4.78 is 0. The molecule has 0 saturated heterocycles. The summed E-state index contributed by atoms with van der Waals surface area (Å²) in [6, 6.07) is 0.595. The van der Waals surface area contributed by atoms with Gasteiger partial charge in [-0.1, -0.05) is 0 Å². The lowest BCUT2D eigenvalue weighted by Crippen LogP contribution is -2.28. The summed E-state index contributed by atoms with van der Waals surface area (Å²) in [5.41, 5.74) is 0. The summed E-state index contributed by atoms with van der Waals surface area (Å²) in [6.45, 7) is 6.16. The van der Waals surface area contributed by atoms with Crippen molar-refractivity contribution in [3.63, 3.8) is 0 Å². The molecule has 0 rings (SSSR count). The van der Waals surface area contributed by atoms with Crippen molar-refractivity contribution in [1.29, 1.82) is 5.26 Å². The topological polar surface area (TPSA) is 39.1 Å². The minimum atomic E-state index is 0.595. The maximum absolute atomic E-state index is 8.17. The smallest absolute Gasteiger partial charge is 0.176 e. The van der Waals surface area contributed by atoms with Crippen LogP contribution in [0.15, 0.2) is 0 Å². The molecule has 11 heavy (non-hydrogen) atoms. The van der Waals surface area contributed by atoms with Gasteiger partial charge in [0.25, 0.3) is 0 Å². The summed E-state index contributed by atoms with van der Waals surface area (Å²) in [5, 5.41) is 10.8. The van der Waals surface area contributed by atoms with Gasteiger partial charge in [0.15, 0.2) is 6.19 Å². The van der Waals surface area contributed by atoms with Crippen molar-refractivity contribution in [2.24, 2.45) is 0 Å². The molecule has 0 bridgehead atoms. The molecule has 0 aliphatic rings. The van der Waals surface area contributed by atoms with Crippen molar-refractivity contribution in [3.05, 3.63) is 0 Å². The average molecular weight is 155 g/mol. The first-order valence-corrected chi connectivity index (χ1v) is 4.00. The Morgan fingerprint density at radius 3 is 2.64 bits per heavy atom. The molecule has 0 aliphatic heterocycles. The molecule has 0 radical (unpaired) electrons. The Balaban J connectivity index is 3.19. The van der Waals surface area contributed by atoms with Crippen LogP contribution in [0.5, 0.6) is 0 Å². The van der Waals surface area contributed by atoms with Crippen LogP contribution in [0.3, 0.4) is 0 Å². The number of hydrogen-bond acceptors (Lipinski definition) is 3. The highest BCUT2D eigenvalue weighted by Crippen LogP contribution is 1.93. The van der Waals surface area contributed by atoms with Crippen LogP contribution in [0.25, 0.3) is 0 Å². The summed E-state index contributed by atoms with van der Waals surface area (Å²) in [7, 11) is 2.09. The molecule has 0 amide bonds. The van der Waals surface area contributed by atoms with Crippen molar-refractivity contribution >= 4 is 0 Å². The third-order valence-electron chi connectivity index (χ3n) is 1.77. The van der Waals surface area contributed by atoms with Gasteiger partial charge in [-0.25, -0.2) is 0 Å². The second-order valence-electron chi connectivity index (χ2n) is 2.97. The molecule has 3 heteroatoms. The molecule has 0 aromatic carbocycles. The van der Waals surface area contributed by atoms with Crippen molar-refractivity contribution in [1.82, 2.24) is 10.2 Å². The first kappa shape index (κ1) is 10.2.